The fraction of sp³-hybridized carbons (Fsp3) is 0.250. The molecule has 2 aliphatic heterocycles. The first-order valence-corrected chi connectivity index (χ1v) is 11.3. The van der Waals surface area contributed by atoms with Gasteiger partial charge in [0.25, 0.3) is 5.91 Å². The Morgan fingerprint density at radius 2 is 2.00 bits per heavy atom. The molecule has 0 bridgehead atoms. The highest BCUT2D eigenvalue weighted by Crippen LogP contribution is 2.40. The normalized spacial score (nSPS) is 20.1. The smallest absolute Gasteiger partial charge is 0.352 e. The van der Waals surface area contributed by atoms with Crippen LogP contribution < -0.4 is 15.6 Å². The molecule has 2 aliphatic rings. The standard InChI is InChI=1S/C20H18N4O5S2/c21-17(26)11-3-5-23(6-4-11)9-12-10-31-19-15(18(27)24(19)16(12)20(28)29)22-14(25)8-13-2-1-7-30-13/h1-7,15,19H,8-10H2,(H3-,21,22,25,26,28,29)/p+1/t15-,19+/m0/s1. The summed E-state index contributed by atoms with van der Waals surface area (Å²) in [6.07, 6.45) is 3.45. The van der Waals surface area contributed by atoms with Crippen molar-refractivity contribution in [3.63, 3.8) is 0 Å². The fourth-order valence-corrected chi connectivity index (χ4v) is 5.59. The summed E-state index contributed by atoms with van der Waals surface area (Å²) in [5.74, 6) is -2.03. The number of fused-ring (bicyclic) bond motifs is 1. The summed E-state index contributed by atoms with van der Waals surface area (Å²) in [5, 5.41) is 13.9. The van der Waals surface area contributed by atoms with E-state index in [-0.39, 0.29) is 24.6 Å². The van der Waals surface area contributed by atoms with Gasteiger partial charge in [-0.05, 0) is 11.4 Å². The van der Waals surface area contributed by atoms with E-state index in [2.05, 4.69) is 5.32 Å². The van der Waals surface area contributed by atoms with Gasteiger partial charge in [-0.3, -0.25) is 19.3 Å². The number of aliphatic carboxylic acids is 1. The summed E-state index contributed by atoms with van der Waals surface area (Å²) >= 11 is 2.88. The van der Waals surface area contributed by atoms with E-state index >= 15 is 0 Å². The highest BCUT2D eigenvalue weighted by molar-refractivity contribution is 8.00. The molecular formula is C20H19N4O5S2+. The van der Waals surface area contributed by atoms with Crippen molar-refractivity contribution in [1.29, 1.82) is 0 Å². The van der Waals surface area contributed by atoms with Gasteiger partial charge in [0.2, 0.25) is 11.8 Å². The molecule has 1 saturated heterocycles. The van der Waals surface area contributed by atoms with Crippen molar-refractivity contribution in [2.24, 2.45) is 5.73 Å². The van der Waals surface area contributed by atoms with Crippen LogP contribution in [0.1, 0.15) is 15.2 Å². The third-order valence-corrected chi connectivity index (χ3v) is 7.25. The molecule has 0 spiro atoms. The minimum atomic E-state index is -1.19. The SMILES string of the molecule is NC(=O)c1cc[n+](CC2=C(C(=O)O)N3C(=O)[C@H](NC(=O)Cc4cccs4)[C@H]3SC2)cc1. The predicted octanol–water partition coefficient (Wildman–Crippen LogP) is 0.116. The van der Waals surface area contributed by atoms with E-state index < -0.39 is 29.2 Å². The molecule has 160 valence electrons. The number of rotatable bonds is 7. The molecule has 11 heteroatoms. The lowest BCUT2D eigenvalue weighted by molar-refractivity contribution is -0.689. The number of nitrogens with zero attached hydrogens (tertiary/aromatic N) is 2. The van der Waals surface area contributed by atoms with Gasteiger partial charge in [-0.25, -0.2) is 9.36 Å². The zero-order chi connectivity index (χ0) is 22.1. The first-order chi connectivity index (χ1) is 14.8. The number of β-lactam (4-membered cyclic amide) rings is 1. The lowest BCUT2D eigenvalue weighted by Crippen LogP contribution is -2.70. The van der Waals surface area contributed by atoms with Gasteiger partial charge >= 0.3 is 5.97 Å². The zero-order valence-electron chi connectivity index (χ0n) is 16.2. The number of carbonyl (C=O) groups is 4. The largest absolute Gasteiger partial charge is 0.477 e. The number of carboxylic acid groups (broad SMARTS) is 1. The molecule has 4 N–H and O–H groups in total. The maximum atomic E-state index is 12.7. The number of carbonyl (C=O) groups excluding carboxylic acids is 3. The Labute approximate surface area is 185 Å². The molecule has 1 fully saturated rings. The molecule has 2 atom stereocenters. The van der Waals surface area contributed by atoms with Crippen molar-refractivity contribution in [3.8, 4) is 0 Å². The second kappa shape index (κ2) is 8.52. The molecule has 3 amide bonds. The van der Waals surface area contributed by atoms with Crippen LogP contribution >= 0.6 is 23.1 Å². The second-order valence-corrected chi connectivity index (χ2v) is 9.23. The highest BCUT2D eigenvalue weighted by Gasteiger charge is 2.54. The van der Waals surface area contributed by atoms with Crippen LogP contribution in [0, 0.1) is 0 Å². The molecule has 2 aromatic rings. The summed E-state index contributed by atoms with van der Waals surface area (Å²) in [6, 6.07) is 6.06. The van der Waals surface area contributed by atoms with Crippen molar-refractivity contribution in [3.05, 3.63) is 63.7 Å². The lowest BCUT2D eigenvalue weighted by Gasteiger charge is -2.49. The average molecular weight is 460 g/mol. The van der Waals surface area contributed by atoms with E-state index in [0.29, 0.717) is 16.9 Å². The number of thiophene rings is 1. The minimum Gasteiger partial charge on any atom is -0.477 e. The Kier molecular flexibility index (Phi) is 5.79. The van der Waals surface area contributed by atoms with E-state index in [1.54, 1.807) is 29.1 Å². The van der Waals surface area contributed by atoms with Crippen molar-refractivity contribution >= 4 is 46.8 Å². The number of nitrogens with one attached hydrogen (secondary N) is 1. The van der Waals surface area contributed by atoms with Gasteiger partial charge < -0.3 is 16.2 Å². The molecule has 0 radical (unpaired) electrons. The number of hydrogen-bond donors (Lipinski definition) is 3. The Morgan fingerprint density at radius 1 is 1.26 bits per heavy atom. The number of primary amides is 1. The molecule has 0 aliphatic carbocycles. The first-order valence-electron chi connectivity index (χ1n) is 9.36. The molecule has 9 nitrogen and oxygen atoms in total. The quantitative estimate of drug-likeness (QED) is 0.398. The van der Waals surface area contributed by atoms with E-state index in [1.807, 2.05) is 17.5 Å². The van der Waals surface area contributed by atoms with Gasteiger partial charge in [-0.2, -0.15) is 0 Å². The van der Waals surface area contributed by atoms with E-state index in [4.69, 9.17) is 5.73 Å². The monoisotopic (exact) mass is 459 g/mol. The number of hydrogen-bond acceptors (Lipinski definition) is 6. The number of pyridine rings is 1. The summed E-state index contributed by atoms with van der Waals surface area (Å²) < 4.78 is 1.72. The van der Waals surface area contributed by atoms with Crippen LogP contribution in [0.5, 0.6) is 0 Å². The van der Waals surface area contributed by atoms with Gasteiger partial charge in [0, 0.05) is 28.3 Å². The predicted molar refractivity (Wildman–Crippen MR) is 113 cm³/mol. The topological polar surface area (TPSA) is 134 Å². The summed E-state index contributed by atoms with van der Waals surface area (Å²) in [6.45, 7) is 0.250. The van der Waals surface area contributed by atoms with Gasteiger partial charge in [0.1, 0.15) is 17.1 Å². The molecule has 31 heavy (non-hydrogen) atoms. The average Bonchev–Trinajstić information content (AvgIpc) is 3.24. The Bertz CT molecular complexity index is 1080. The molecule has 0 aromatic carbocycles. The third kappa shape index (κ3) is 4.19. The number of aromatic nitrogens is 1. The van der Waals surface area contributed by atoms with E-state index in [9.17, 15) is 24.3 Å². The molecule has 4 heterocycles. The van der Waals surface area contributed by atoms with Crippen LogP contribution in [0.2, 0.25) is 0 Å². The van der Waals surface area contributed by atoms with E-state index in [0.717, 1.165) is 4.88 Å². The van der Waals surface area contributed by atoms with Crippen molar-refractivity contribution < 1.29 is 28.9 Å². The van der Waals surface area contributed by atoms with Crippen molar-refractivity contribution in [1.82, 2.24) is 10.2 Å². The van der Waals surface area contributed by atoms with Crippen LogP contribution in [0.15, 0.2) is 53.3 Å². The lowest BCUT2D eigenvalue weighted by atomic mass is 10.0. The molecule has 0 unspecified atom stereocenters. The Balaban J connectivity index is 1.48. The van der Waals surface area contributed by atoms with Gasteiger partial charge in [0.05, 0.1) is 12.0 Å². The zero-order valence-corrected chi connectivity index (χ0v) is 17.8. The van der Waals surface area contributed by atoms with Crippen LogP contribution in [-0.4, -0.2) is 50.9 Å². The maximum absolute atomic E-state index is 12.7. The highest BCUT2D eigenvalue weighted by atomic mass is 32.2. The number of amides is 3. The van der Waals surface area contributed by atoms with Gasteiger partial charge in [0.15, 0.2) is 18.9 Å². The van der Waals surface area contributed by atoms with Gasteiger partial charge in [-0.15, -0.1) is 23.1 Å². The van der Waals surface area contributed by atoms with Crippen LogP contribution in [0.25, 0.3) is 0 Å². The van der Waals surface area contributed by atoms with Crippen LogP contribution in [-0.2, 0) is 27.3 Å². The number of thioether (sulfide) groups is 1. The number of nitrogens with two attached hydrogens (primary N) is 1. The third-order valence-electron chi connectivity index (χ3n) is 5.03. The summed E-state index contributed by atoms with van der Waals surface area (Å²) in [4.78, 5) is 50.3. The van der Waals surface area contributed by atoms with Crippen LogP contribution in [0.3, 0.4) is 0 Å². The summed E-state index contributed by atoms with van der Waals surface area (Å²) in [7, 11) is 0. The molecular weight excluding hydrogens is 440 g/mol. The minimum absolute atomic E-state index is 0.0519. The van der Waals surface area contributed by atoms with Crippen molar-refractivity contribution in [2.75, 3.05) is 5.75 Å². The molecule has 2 aromatic heterocycles. The van der Waals surface area contributed by atoms with Crippen LogP contribution in [0.4, 0.5) is 0 Å². The maximum Gasteiger partial charge on any atom is 0.352 e. The molecule has 0 saturated carbocycles. The first kappa shape index (κ1) is 21.1. The number of carboxylic acids is 1. The second-order valence-electron chi connectivity index (χ2n) is 7.09. The Hall–Kier alpha value is -3.18. The molecule has 4 rings (SSSR count). The van der Waals surface area contributed by atoms with E-state index in [1.165, 1.54) is 28.0 Å². The Morgan fingerprint density at radius 3 is 2.61 bits per heavy atom. The van der Waals surface area contributed by atoms with Gasteiger partial charge in [-0.1, -0.05) is 6.07 Å². The van der Waals surface area contributed by atoms with Crippen molar-refractivity contribution in [2.45, 2.75) is 24.4 Å². The summed E-state index contributed by atoms with van der Waals surface area (Å²) in [5.41, 5.74) is 6.11. The fourth-order valence-electron chi connectivity index (χ4n) is 3.55.